The van der Waals surface area contributed by atoms with Crippen molar-refractivity contribution in [3.8, 4) is 17.3 Å². The molecule has 35 heavy (non-hydrogen) atoms. The Balaban J connectivity index is 1.54. The second kappa shape index (κ2) is 10.2. The van der Waals surface area contributed by atoms with Crippen LogP contribution in [0.1, 0.15) is 16.4 Å². The van der Waals surface area contributed by atoms with Gasteiger partial charge in [0.25, 0.3) is 0 Å². The molecule has 0 saturated heterocycles. The minimum atomic E-state index is -0.590. The molecule has 0 fully saturated rings. The van der Waals surface area contributed by atoms with Crippen LogP contribution in [0.5, 0.6) is 0 Å². The van der Waals surface area contributed by atoms with Gasteiger partial charge in [-0.15, -0.1) is 10.2 Å². The van der Waals surface area contributed by atoms with E-state index in [4.69, 9.17) is 16.0 Å². The number of para-hydroxylation sites is 1. The highest BCUT2D eigenvalue weighted by Gasteiger charge is 2.27. The van der Waals surface area contributed by atoms with E-state index in [1.54, 1.807) is 18.4 Å². The molecule has 6 nitrogen and oxygen atoms in total. The van der Waals surface area contributed by atoms with Crippen molar-refractivity contribution in [2.75, 3.05) is 5.32 Å². The monoisotopic (exact) mass is 500 g/mol. The van der Waals surface area contributed by atoms with Crippen LogP contribution >= 0.6 is 23.4 Å². The fourth-order valence-corrected chi connectivity index (χ4v) is 4.84. The van der Waals surface area contributed by atoms with Crippen LogP contribution in [-0.2, 0) is 4.79 Å². The lowest BCUT2D eigenvalue weighted by Gasteiger charge is -2.18. The van der Waals surface area contributed by atoms with E-state index in [0.717, 1.165) is 16.8 Å². The Bertz CT molecular complexity index is 1440. The van der Waals surface area contributed by atoms with Crippen molar-refractivity contribution in [2.45, 2.75) is 17.3 Å². The fraction of sp³-hybridized carbons (Fsp3) is 0.0741. The molecule has 3 aromatic carbocycles. The number of furan rings is 1. The average Bonchev–Trinajstić information content (AvgIpc) is 3.56. The molecule has 8 heteroatoms. The lowest BCUT2D eigenvalue weighted by molar-refractivity contribution is -0.115. The number of hydrogen-bond donors (Lipinski definition) is 1. The molecule has 2 aromatic heterocycles. The summed E-state index contributed by atoms with van der Waals surface area (Å²) < 4.78 is 7.51. The van der Waals surface area contributed by atoms with Gasteiger partial charge in [-0.1, -0.05) is 78.0 Å². The first-order valence-electron chi connectivity index (χ1n) is 10.9. The molecular weight excluding hydrogens is 480 g/mol. The standard InChI is InChI=1S/C27H21ClN4O2S/c1-18-14-15-20(17-22(18)28)29-26(33)24(19-9-4-2-5-10-19)35-27-31-30-25(23-13-8-16-34-23)32(27)21-11-6-3-7-12-21/h2-17,24H,1H3,(H,29,33)/t24-/m1/s1. The first-order chi connectivity index (χ1) is 17.1. The maximum atomic E-state index is 13.5. The van der Waals surface area contributed by atoms with Crippen LogP contribution in [0.25, 0.3) is 17.3 Å². The summed E-state index contributed by atoms with van der Waals surface area (Å²) in [6.45, 7) is 1.92. The van der Waals surface area contributed by atoms with E-state index in [1.165, 1.54) is 11.8 Å². The van der Waals surface area contributed by atoms with Gasteiger partial charge in [-0.25, -0.2) is 0 Å². The maximum absolute atomic E-state index is 13.5. The van der Waals surface area contributed by atoms with Crippen LogP contribution in [0.15, 0.2) is 107 Å². The first kappa shape index (κ1) is 23.0. The molecule has 1 atom stereocenters. The number of carbonyl (C=O) groups is 1. The van der Waals surface area contributed by atoms with Crippen molar-refractivity contribution in [3.05, 3.63) is 113 Å². The zero-order valence-electron chi connectivity index (χ0n) is 18.8. The van der Waals surface area contributed by atoms with E-state index in [0.29, 0.717) is 27.5 Å². The molecule has 0 spiro atoms. The molecule has 0 saturated carbocycles. The Morgan fingerprint density at radius 3 is 2.40 bits per heavy atom. The van der Waals surface area contributed by atoms with Gasteiger partial charge in [0, 0.05) is 16.4 Å². The molecule has 174 valence electrons. The zero-order chi connectivity index (χ0) is 24.2. The van der Waals surface area contributed by atoms with Gasteiger partial charge in [-0.05, 0) is 54.4 Å². The molecule has 0 unspecified atom stereocenters. The number of nitrogens with zero attached hydrogens (tertiary/aromatic N) is 3. The number of benzene rings is 3. The van der Waals surface area contributed by atoms with Gasteiger partial charge < -0.3 is 9.73 Å². The predicted molar refractivity (Wildman–Crippen MR) is 139 cm³/mol. The highest BCUT2D eigenvalue weighted by molar-refractivity contribution is 8.00. The third-order valence-corrected chi connectivity index (χ3v) is 7.00. The van der Waals surface area contributed by atoms with Crippen LogP contribution in [0.4, 0.5) is 5.69 Å². The van der Waals surface area contributed by atoms with Crippen molar-refractivity contribution in [2.24, 2.45) is 0 Å². The number of rotatable bonds is 7. The minimum Gasteiger partial charge on any atom is -0.461 e. The lowest BCUT2D eigenvalue weighted by atomic mass is 10.1. The van der Waals surface area contributed by atoms with Gasteiger partial charge in [0.2, 0.25) is 11.7 Å². The molecule has 0 bridgehead atoms. The summed E-state index contributed by atoms with van der Waals surface area (Å²) in [6.07, 6.45) is 1.60. The Morgan fingerprint density at radius 2 is 1.71 bits per heavy atom. The van der Waals surface area contributed by atoms with Crippen LogP contribution in [0, 0.1) is 6.92 Å². The summed E-state index contributed by atoms with van der Waals surface area (Å²) in [5, 5.41) is 12.4. The van der Waals surface area contributed by atoms with E-state index in [2.05, 4.69) is 15.5 Å². The molecule has 5 aromatic rings. The zero-order valence-corrected chi connectivity index (χ0v) is 20.3. The van der Waals surface area contributed by atoms with E-state index in [-0.39, 0.29) is 5.91 Å². The topological polar surface area (TPSA) is 73.0 Å². The van der Waals surface area contributed by atoms with Gasteiger partial charge in [0.1, 0.15) is 5.25 Å². The fourth-order valence-electron chi connectivity index (χ4n) is 3.61. The number of carbonyl (C=O) groups excluding carboxylic acids is 1. The lowest BCUT2D eigenvalue weighted by Crippen LogP contribution is -2.19. The van der Waals surface area contributed by atoms with Gasteiger partial charge in [0.15, 0.2) is 10.9 Å². The van der Waals surface area contributed by atoms with Crippen molar-refractivity contribution in [1.29, 1.82) is 0 Å². The Labute approximate surface area is 212 Å². The molecule has 5 rings (SSSR count). The SMILES string of the molecule is Cc1ccc(NC(=O)[C@H](Sc2nnc(-c3ccco3)n2-c2ccccc2)c2ccccc2)cc1Cl. The third kappa shape index (κ3) is 5.01. The summed E-state index contributed by atoms with van der Waals surface area (Å²) in [4.78, 5) is 13.5. The summed E-state index contributed by atoms with van der Waals surface area (Å²) in [5.74, 6) is 0.952. The van der Waals surface area contributed by atoms with Crippen LogP contribution in [0.2, 0.25) is 5.02 Å². The molecule has 1 amide bonds. The number of aryl methyl sites for hydroxylation is 1. The van der Waals surface area contributed by atoms with Crippen molar-refractivity contribution >= 4 is 35.0 Å². The Hall–Kier alpha value is -3.81. The largest absolute Gasteiger partial charge is 0.461 e. The maximum Gasteiger partial charge on any atom is 0.242 e. The molecule has 0 aliphatic carbocycles. The van der Waals surface area contributed by atoms with E-state index >= 15 is 0 Å². The van der Waals surface area contributed by atoms with Crippen molar-refractivity contribution < 1.29 is 9.21 Å². The van der Waals surface area contributed by atoms with E-state index in [1.807, 2.05) is 90.4 Å². The number of nitrogens with one attached hydrogen (secondary N) is 1. The smallest absolute Gasteiger partial charge is 0.242 e. The first-order valence-corrected chi connectivity index (χ1v) is 12.2. The summed E-state index contributed by atoms with van der Waals surface area (Å²) >= 11 is 7.60. The third-order valence-electron chi connectivity index (χ3n) is 5.39. The molecule has 0 radical (unpaired) electrons. The number of anilines is 1. The number of halogens is 1. The Morgan fingerprint density at radius 1 is 0.971 bits per heavy atom. The highest BCUT2D eigenvalue weighted by atomic mass is 35.5. The van der Waals surface area contributed by atoms with E-state index in [9.17, 15) is 4.79 Å². The molecule has 1 N–H and O–H groups in total. The molecular formula is C27H21ClN4O2S. The predicted octanol–water partition coefficient (Wildman–Crippen LogP) is 6.96. The van der Waals surface area contributed by atoms with Gasteiger partial charge in [-0.2, -0.15) is 0 Å². The van der Waals surface area contributed by atoms with Gasteiger partial charge in [0.05, 0.1) is 6.26 Å². The summed E-state index contributed by atoms with van der Waals surface area (Å²) in [7, 11) is 0. The summed E-state index contributed by atoms with van der Waals surface area (Å²) in [5.41, 5.74) is 3.28. The normalized spacial score (nSPS) is 11.8. The van der Waals surface area contributed by atoms with Crippen molar-refractivity contribution in [1.82, 2.24) is 14.8 Å². The molecule has 0 aliphatic heterocycles. The number of amides is 1. The second-order valence-electron chi connectivity index (χ2n) is 7.82. The van der Waals surface area contributed by atoms with Crippen molar-refractivity contribution in [3.63, 3.8) is 0 Å². The number of aromatic nitrogens is 3. The Kier molecular flexibility index (Phi) is 6.70. The summed E-state index contributed by atoms with van der Waals surface area (Å²) in [6, 6.07) is 28.5. The van der Waals surface area contributed by atoms with Crippen LogP contribution in [0.3, 0.4) is 0 Å². The minimum absolute atomic E-state index is 0.191. The second-order valence-corrected chi connectivity index (χ2v) is 9.30. The molecule has 0 aliphatic rings. The van der Waals surface area contributed by atoms with E-state index < -0.39 is 5.25 Å². The van der Waals surface area contributed by atoms with Gasteiger partial charge in [-0.3, -0.25) is 9.36 Å². The van der Waals surface area contributed by atoms with Crippen LogP contribution in [-0.4, -0.2) is 20.7 Å². The quantitative estimate of drug-likeness (QED) is 0.244. The number of thioether (sulfide) groups is 1. The average molecular weight is 501 g/mol. The van der Waals surface area contributed by atoms with Gasteiger partial charge >= 0.3 is 0 Å². The van der Waals surface area contributed by atoms with Crippen LogP contribution < -0.4 is 5.32 Å². The number of hydrogen-bond acceptors (Lipinski definition) is 5. The highest BCUT2D eigenvalue weighted by Crippen LogP contribution is 2.38. The molecule has 2 heterocycles.